The first kappa shape index (κ1) is 19.8. The molecule has 1 aromatic heterocycles. The molecule has 1 N–H and O–H groups in total. The van der Waals surface area contributed by atoms with Gasteiger partial charge in [0, 0.05) is 0 Å². The van der Waals surface area contributed by atoms with Gasteiger partial charge in [0.15, 0.2) is 5.78 Å². The van der Waals surface area contributed by atoms with Crippen molar-refractivity contribution in [3.63, 3.8) is 0 Å². The van der Waals surface area contributed by atoms with Gasteiger partial charge in [-0.2, -0.15) is 0 Å². The molecule has 27 heavy (non-hydrogen) atoms. The summed E-state index contributed by atoms with van der Waals surface area (Å²) in [4.78, 5) is 13.5. The normalized spacial score (nSPS) is 18.7. The fraction of sp³-hybridized carbons (Fsp3) is 0.400. The van der Waals surface area contributed by atoms with Crippen molar-refractivity contribution in [2.24, 2.45) is 0 Å². The SMILES string of the molecule is CCc1nnc(C2C(=N)SC(=Cc3cc(C(C)C)c(OC)cc3C)C2=O)s1. The van der Waals surface area contributed by atoms with Crippen LogP contribution in [0.25, 0.3) is 6.08 Å². The van der Waals surface area contributed by atoms with E-state index >= 15 is 0 Å². The monoisotopic (exact) mass is 401 g/mol. The van der Waals surface area contributed by atoms with Gasteiger partial charge >= 0.3 is 0 Å². The molecular formula is C20H23N3O2S2. The minimum atomic E-state index is -0.609. The van der Waals surface area contributed by atoms with Crippen LogP contribution in [0.2, 0.25) is 0 Å². The highest BCUT2D eigenvalue weighted by molar-refractivity contribution is 8.19. The zero-order chi connectivity index (χ0) is 19.7. The van der Waals surface area contributed by atoms with Crippen molar-refractivity contribution in [3.05, 3.63) is 43.7 Å². The number of allylic oxidation sites excluding steroid dienone is 1. The predicted molar refractivity (Wildman–Crippen MR) is 112 cm³/mol. The average molecular weight is 402 g/mol. The minimum Gasteiger partial charge on any atom is -0.496 e. The summed E-state index contributed by atoms with van der Waals surface area (Å²) < 4.78 is 5.50. The topological polar surface area (TPSA) is 75.9 Å². The Hall–Kier alpha value is -1.99. The number of ketones is 1. The fourth-order valence-electron chi connectivity index (χ4n) is 2.98. The lowest BCUT2D eigenvalue weighted by atomic mass is 9.95. The van der Waals surface area contributed by atoms with Crippen molar-refractivity contribution in [1.29, 1.82) is 5.41 Å². The maximum Gasteiger partial charge on any atom is 0.186 e. The summed E-state index contributed by atoms with van der Waals surface area (Å²) in [5, 5.41) is 18.3. The van der Waals surface area contributed by atoms with Crippen LogP contribution < -0.4 is 4.74 Å². The van der Waals surface area contributed by atoms with E-state index in [1.807, 2.05) is 26.0 Å². The second kappa shape index (κ2) is 7.94. The number of nitrogens with one attached hydrogen (secondary N) is 1. The van der Waals surface area contributed by atoms with E-state index in [2.05, 4.69) is 30.1 Å². The zero-order valence-corrected chi connectivity index (χ0v) is 17.8. The molecule has 0 aliphatic carbocycles. The van der Waals surface area contributed by atoms with Crippen LogP contribution in [0.5, 0.6) is 5.75 Å². The molecule has 0 spiro atoms. The van der Waals surface area contributed by atoms with E-state index in [-0.39, 0.29) is 5.78 Å². The van der Waals surface area contributed by atoms with Crippen molar-refractivity contribution in [3.8, 4) is 5.75 Å². The first-order valence-corrected chi connectivity index (χ1v) is 10.5. The van der Waals surface area contributed by atoms with Crippen LogP contribution in [0, 0.1) is 12.3 Å². The third-order valence-corrected chi connectivity index (χ3v) is 6.67. The van der Waals surface area contributed by atoms with E-state index in [0.717, 1.165) is 33.9 Å². The summed E-state index contributed by atoms with van der Waals surface area (Å²) in [5.41, 5.74) is 3.13. The smallest absolute Gasteiger partial charge is 0.186 e. The second-order valence-corrected chi connectivity index (χ2v) is 8.94. The molecule has 1 atom stereocenters. The second-order valence-electron chi connectivity index (χ2n) is 6.77. The Morgan fingerprint density at radius 2 is 2.07 bits per heavy atom. The molecule has 5 nitrogen and oxygen atoms in total. The Bertz CT molecular complexity index is 931. The average Bonchev–Trinajstić information content (AvgIpc) is 3.20. The van der Waals surface area contributed by atoms with Gasteiger partial charge in [-0.25, -0.2) is 0 Å². The molecule has 1 aromatic carbocycles. The van der Waals surface area contributed by atoms with E-state index < -0.39 is 5.92 Å². The quantitative estimate of drug-likeness (QED) is 0.717. The number of rotatable bonds is 5. The van der Waals surface area contributed by atoms with Gasteiger partial charge in [0.25, 0.3) is 0 Å². The number of carbonyl (C=O) groups is 1. The molecule has 0 saturated carbocycles. The number of nitrogens with zero attached hydrogens (tertiary/aromatic N) is 2. The lowest BCUT2D eigenvalue weighted by molar-refractivity contribution is -0.114. The number of hydrogen-bond acceptors (Lipinski definition) is 7. The molecule has 1 unspecified atom stereocenters. The molecule has 1 fully saturated rings. The van der Waals surface area contributed by atoms with Crippen molar-refractivity contribution in [1.82, 2.24) is 10.2 Å². The number of benzene rings is 1. The van der Waals surface area contributed by atoms with Gasteiger partial charge in [0.05, 0.1) is 17.1 Å². The molecule has 0 amide bonds. The van der Waals surface area contributed by atoms with Gasteiger partial charge in [-0.1, -0.05) is 32.5 Å². The van der Waals surface area contributed by atoms with Crippen LogP contribution in [0.1, 0.15) is 59.3 Å². The molecule has 1 aliphatic heterocycles. The number of ether oxygens (including phenoxy) is 1. The van der Waals surface area contributed by atoms with Crippen LogP contribution in [-0.4, -0.2) is 28.1 Å². The van der Waals surface area contributed by atoms with Crippen molar-refractivity contribution in [2.45, 2.75) is 46.0 Å². The zero-order valence-electron chi connectivity index (χ0n) is 16.1. The van der Waals surface area contributed by atoms with Crippen LogP contribution in [0.15, 0.2) is 17.0 Å². The lowest BCUT2D eigenvalue weighted by Gasteiger charge is -2.15. The number of aromatic nitrogens is 2. The molecule has 1 aliphatic rings. The number of hydrogen-bond donors (Lipinski definition) is 1. The van der Waals surface area contributed by atoms with Gasteiger partial charge in [0.2, 0.25) is 0 Å². The molecular weight excluding hydrogens is 378 g/mol. The number of Topliss-reactive ketones (excluding diaryl/α,β-unsaturated/α-hetero) is 1. The van der Waals surface area contributed by atoms with Crippen molar-refractivity contribution >= 4 is 40.0 Å². The molecule has 142 valence electrons. The fourth-order valence-corrected chi connectivity index (χ4v) is 4.92. The Morgan fingerprint density at radius 1 is 1.33 bits per heavy atom. The van der Waals surface area contributed by atoms with Gasteiger partial charge in [-0.3, -0.25) is 10.2 Å². The molecule has 3 rings (SSSR count). The van der Waals surface area contributed by atoms with Gasteiger partial charge in [-0.15, -0.1) is 21.5 Å². The molecule has 2 heterocycles. The van der Waals surface area contributed by atoms with E-state index in [4.69, 9.17) is 10.1 Å². The van der Waals surface area contributed by atoms with Gasteiger partial charge in [0.1, 0.15) is 21.7 Å². The van der Waals surface area contributed by atoms with Crippen LogP contribution in [0.4, 0.5) is 0 Å². The van der Waals surface area contributed by atoms with Crippen molar-refractivity contribution < 1.29 is 9.53 Å². The number of methoxy groups -OCH3 is 1. The number of carbonyl (C=O) groups excluding carboxylic acids is 1. The third-order valence-electron chi connectivity index (χ3n) is 4.55. The minimum absolute atomic E-state index is 0.0647. The molecule has 7 heteroatoms. The highest BCUT2D eigenvalue weighted by atomic mass is 32.2. The third kappa shape index (κ3) is 3.84. The lowest BCUT2D eigenvalue weighted by Crippen LogP contribution is -2.11. The summed E-state index contributed by atoms with van der Waals surface area (Å²) in [5.74, 6) is 0.499. The molecule has 0 bridgehead atoms. The predicted octanol–water partition coefficient (Wildman–Crippen LogP) is 4.96. The van der Waals surface area contributed by atoms with Crippen LogP contribution >= 0.6 is 23.1 Å². The van der Waals surface area contributed by atoms with E-state index in [1.165, 1.54) is 23.1 Å². The first-order valence-electron chi connectivity index (χ1n) is 8.88. The summed E-state index contributed by atoms with van der Waals surface area (Å²) in [7, 11) is 1.67. The van der Waals surface area contributed by atoms with E-state index in [0.29, 0.717) is 20.9 Å². The first-order chi connectivity index (χ1) is 12.8. The highest BCUT2D eigenvalue weighted by Gasteiger charge is 2.39. The van der Waals surface area contributed by atoms with Crippen LogP contribution in [-0.2, 0) is 11.2 Å². The number of aryl methyl sites for hydroxylation is 2. The van der Waals surface area contributed by atoms with Crippen molar-refractivity contribution in [2.75, 3.05) is 7.11 Å². The largest absolute Gasteiger partial charge is 0.496 e. The Kier molecular flexibility index (Phi) is 5.81. The Labute approximate surface area is 167 Å². The molecule has 0 radical (unpaired) electrons. The van der Waals surface area contributed by atoms with Gasteiger partial charge < -0.3 is 4.74 Å². The maximum absolute atomic E-state index is 13.0. The van der Waals surface area contributed by atoms with Crippen LogP contribution in [0.3, 0.4) is 0 Å². The summed E-state index contributed by atoms with van der Waals surface area (Å²) in [6.07, 6.45) is 2.68. The standard InChI is InChI=1S/C20H23N3O2S2/c1-6-16-22-23-20(27-16)17-18(24)15(26-19(17)21)9-12-8-13(10(2)3)14(25-5)7-11(12)4/h7-10,17,21H,6H2,1-5H3. The molecule has 2 aromatic rings. The Balaban J connectivity index is 1.97. The van der Waals surface area contributed by atoms with E-state index in [1.54, 1.807) is 7.11 Å². The molecule has 1 saturated heterocycles. The van der Waals surface area contributed by atoms with E-state index in [9.17, 15) is 4.79 Å². The number of thioether (sulfide) groups is 1. The summed E-state index contributed by atoms with van der Waals surface area (Å²) in [6.45, 7) is 8.24. The van der Waals surface area contributed by atoms with Gasteiger partial charge in [-0.05, 0) is 54.2 Å². The highest BCUT2D eigenvalue weighted by Crippen LogP contribution is 2.42. The maximum atomic E-state index is 13.0. The summed E-state index contributed by atoms with van der Waals surface area (Å²) in [6, 6.07) is 4.09. The Morgan fingerprint density at radius 3 is 2.67 bits per heavy atom. The summed E-state index contributed by atoms with van der Waals surface area (Å²) >= 11 is 2.64.